The number of carbonyl (C=O) groups is 1. The van der Waals surface area contributed by atoms with Crippen LogP contribution in [0.1, 0.15) is 28.9 Å². The Kier molecular flexibility index (Phi) is 3.00. The lowest BCUT2D eigenvalue weighted by Gasteiger charge is -2.09. The molecule has 2 heteroatoms. The molecule has 0 spiro atoms. The van der Waals surface area contributed by atoms with Crippen molar-refractivity contribution in [2.45, 2.75) is 13.0 Å². The molecular formula is C10H13NO. The molecule has 0 amide bonds. The summed E-state index contributed by atoms with van der Waals surface area (Å²) in [5, 5.41) is 3.12. The fraction of sp³-hybridized carbons (Fsp3) is 0.300. The maximum absolute atomic E-state index is 10.4. The van der Waals surface area contributed by atoms with E-state index in [0.717, 1.165) is 17.4 Å². The fourth-order valence-corrected chi connectivity index (χ4v) is 1.07. The van der Waals surface area contributed by atoms with Crippen LogP contribution >= 0.6 is 0 Å². The highest BCUT2D eigenvalue weighted by atomic mass is 16.1. The summed E-state index contributed by atoms with van der Waals surface area (Å²) in [6.45, 7) is 2.06. The Morgan fingerprint density at radius 3 is 2.83 bits per heavy atom. The minimum atomic E-state index is 0.296. The molecule has 2 nitrogen and oxygen atoms in total. The first kappa shape index (κ1) is 8.94. The van der Waals surface area contributed by atoms with Gasteiger partial charge in [-0.3, -0.25) is 4.79 Å². The summed E-state index contributed by atoms with van der Waals surface area (Å²) in [7, 11) is 1.90. The van der Waals surface area contributed by atoms with E-state index in [1.54, 1.807) is 6.07 Å². The second-order valence-electron chi connectivity index (χ2n) is 2.80. The van der Waals surface area contributed by atoms with Crippen LogP contribution in [0.5, 0.6) is 0 Å². The number of nitrogens with one attached hydrogen (secondary N) is 1. The van der Waals surface area contributed by atoms with Gasteiger partial charge < -0.3 is 5.32 Å². The molecule has 0 fully saturated rings. The van der Waals surface area contributed by atoms with Gasteiger partial charge in [0.25, 0.3) is 0 Å². The van der Waals surface area contributed by atoms with Crippen molar-refractivity contribution in [1.29, 1.82) is 0 Å². The number of hydrogen-bond acceptors (Lipinski definition) is 2. The molecule has 0 aliphatic rings. The van der Waals surface area contributed by atoms with Crippen LogP contribution in [0.25, 0.3) is 0 Å². The maximum atomic E-state index is 10.4. The van der Waals surface area contributed by atoms with Crippen LogP contribution in [0.4, 0.5) is 0 Å². The molecule has 0 saturated heterocycles. The molecule has 64 valence electrons. The summed E-state index contributed by atoms with van der Waals surface area (Å²) in [5.74, 6) is 0. The lowest BCUT2D eigenvalue weighted by molar-refractivity contribution is 0.112. The summed E-state index contributed by atoms with van der Waals surface area (Å²) in [6.07, 6.45) is 0.867. The number of aldehydes is 1. The van der Waals surface area contributed by atoms with E-state index in [4.69, 9.17) is 0 Å². The lowest BCUT2D eigenvalue weighted by Crippen LogP contribution is -2.12. The summed E-state index contributed by atoms with van der Waals surface area (Å²) in [5.41, 5.74) is 1.87. The average Bonchev–Trinajstić information content (AvgIpc) is 2.17. The summed E-state index contributed by atoms with van der Waals surface area (Å²) in [4.78, 5) is 10.4. The zero-order chi connectivity index (χ0) is 8.97. The molecule has 1 rings (SSSR count). The van der Waals surface area contributed by atoms with E-state index in [-0.39, 0.29) is 0 Å². The van der Waals surface area contributed by atoms with Gasteiger partial charge >= 0.3 is 0 Å². The summed E-state index contributed by atoms with van der Waals surface area (Å²) < 4.78 is 0. The zero-order valence-corrected chi connectivity index (χ0v) is 7.37. The summed E-state index contributed by atoms with van der Waals surface area (Å²) >= 11 is 0. The maximum Gasteiger partial charge on any atom is 0.150 e. The Hall–Kier alpha value is -1.15. The van der Waals surface area contributed by atoms with Crippen molar-refractivity contribution in [3.63, 3.8) is 0 Å². The Morgan fingerprint density at radius 2 is 2.25 bits per heavy atom. The molecule has 0 heterocycles. The highest BCUT2D eigenvalue weighted by Crippen LogP contribution is 2.12. The van der Waals surface area contributed by atoms with E-state index in [1.165, 1.54) is 0 Å². The molecule has 0 saturated carbocycles. The SMILES string of the molecule is CNC(C)c1cccc(C=O)c1. The second-order valence-corrected chi connectivity index (χ2v) is 2.80. The number of hydrogen-bond donors (Lipinski definition) is 1. The normalized spacial score (nSPS) is 12.5. The zero-order valence-electron chi connectivity index (χ0n) is 7.37. The Morgan fingerprint density at radius 1 is 1.50 bits per heavy atom. The lowest BCUT2D eigenvalue weighted by atomic mass is 10.1. The van der Waals surface area contributed by atoms with Crippen LogP contribution in [0.2, 0.25) is 0 Å². The second kappa shape index (κ2) is 4.02. The highest BCUT2D eigenvalue weighted by Gasteiger charge is 2.01. The van der Waals surface area contributed by atoms with Crippen LogP contribution in [-0.2, 0) is 0 Å². The van der Waals surface area contributed by atoms with Gasteiger partial charge in [0.1, 0.15) is 6.29 Å². The molecule has 0 aliphatic heterocycles. The number of carbonyl (C=O) groups excluding carboxylic acids is 1. The molecule has 0 aliphatic carbocycles. The average molecular weight is 163 g/mol. The largest absolute Gasteiger partial charge is 0.313 e. The predicted molar refractivity (Wildman–Crippen MR) is 49.3 cm³/mol. The minimum Gasteiger partial charge on any atom is -0.313 e. The third-order valence-electron chi connectivity index (χ3n) is 1.98. The molecule has 1 aromatic rings. The Labute approximate surface area is 72.6 Å². The molecule has 1 N–H and O–H groups in total. The highest BCUT2D eigenvalue weighted by molar-refractivity contribution is 5.74. The fourth-order valence-electron chi connectivity index (χ4n) is 1.07. The van der Waals surface area contributed by atoms with E-state index < -0.39 is 0 Å². The quantitative estimate of drug-likeness (QED) is 0.688. The monoisotopic (exact) mass is 163 g/mol. The van der Waals surface area contributed by atoms with Gasteiger partial charge in [0, 0.05) is 11.6 Å². The van der Waals surface area contributed by atoms with Crippen molar-refractivity contribution in [1.82, 2.24) is 5.32 Å². The minimum absolute atomic E-state index is 0.296. The molecule has 0 radical (unpaired) electrons. The molecule has 1 unspecified atom stereocenters. The molecule has 12 heavy (non-hydrogen) atoms. The number of benzene rings is 1. The first-order valence-electron chi connectivity index (χ1n) is 4.00. The Balaban J connectivity index is 2.93. The van der Waals surface area contributed by atoms with E-state index in [1.807, 2.05) is 25.2 Å². The predicted octanol–water partition coefficient (Wildman–Crippen LogP) is 1.78. The van der Waals surface area contributed by atoms with Gasteiger partial charge in [-0.1, -0.05) is 18.2 Å². The van der Waals surface area contributed by atoms with Crippen molar-refractivity contribution in [2.24, 2.45) is 0 Å². The molecular weight excluding hydrogens is 150 g/mol. The first-order valence-corrected chi connectivity index (χ1v) is 4.00. The van der Waals surface area contributed by atoms with Gasteiger partial charge in [0.15, 0.2) is 0 Å². The van der Waals surface area contributed by atoms with E-state index in [0.29, 0.717) is 6.04 Å². The summed E-state index contributed by atoms with van der Waals surface area (Å²) in [6, 6.07) is 7.90. The van der Waals surface area contributed by atoms with Gasteiger partial charge in [0.05, 0.1) is 0 Å². The molecule has 0 aromatic heterocycles. The first-order chi connectivity index (χ1) is 5.77. The van der Waals surface area contributed by atoms with Gasteiger partial charge in [-0.2, -0.15) is 0 Å². The number of rotatable bonds is 3. The van der Waals surface area contributed by atoms with Crippen LogP contribution in [0.3, 0.4) is 0 Å². The van der Waals surface area contributed by atoms with Crippen molar-refractivity contribution in [2.75, 3.05) is 7.05 Å². The topological polar surface area (TPSA) is 29.1 Å². The van der Waals surface area contributed by atoms with Crippen molar-refractivity contribution < 1.29 is 4.79 Å². The van der Waals surface area contributed by atoms with E-state index in [2.05, 4.69) is 12.2 Å². The van der Waals surface area contributed by atoms with Crippen LogP contribution < -0.4 is 5.32 Å². The van der Waals surface area contributed by atoms with Gasteiger partial charge in [0.2, 0.25) is 0 Å². The Bertz CT molecular complexity index is 270. The third-order valence-corrected chi connectivity index (χ3v) is 1.98. The van der Waals surface area contributed by atoms with Crippen molar-refractivity contribution in [3.8, 4) is 0 Å². The third kappa shape index (κ3) is 1.92. The van der Waals surface area contributed by atoms with Gasteiger partial charge in [-0.15, -0.1) is 0 Å². The molecule has 1 aromatic carbocycles. The van der Waals surface area contributed by atoms with Crippen LogP contribution in [-0.4, -0.2) is 13.3 Å². The van der Waals surface area contributed by atoms with E-state index in [9.17, 15) is 4.79 Å². The van der Waals surface area contributed by atoms with Crippen molar-refractivity contribution >= 4 is 6.29 Å². The van der Waals surface area contributed by atoms with Crippen LogP contribution in [0, 0.1) is 0 Å². The van der Waals surface area contributed by atoms with Gasteiger partial charge in [-0.05, 0) is 25.6 Å². The van der Waals surface area contributed by atoms with E-state index >= 15 is 0 Å². The van der Waals surface area contributed by atoms with Gasteiger partial charge in [-0.25, -0.2) is 0 Å². The standard InChI is InChI=1S/C10H13NO/c1-8(11-2)10-5-3-4-9(6-10)7-12/h3-8,11H,1-2H3. The molecule has 0 bridgehead atoms. The molecule has 1 atom stereocenters. The van der Waals surface area contributed by atoms with Crippen molar-refractivity contribution in [3.05, 3.63) is 35.4 Å². The smallest absolute Gasteiger partial charge is 0.150 e. The van der Waals surface area contributed by atoms with Crippen LogP contribution in [0.15, 0.2) is 24.3 Å².